The predicted octanol–water partition coefficient (Wildman–Crippen LogP) is -0.142. The molecule has 2 unspecified atom stereocenters. The third-order valence-corrected chi connectivity index (χ3v) is 2.88. The first-order chi connectivity index (χ1) is 7.65. The molecule has 0 aromatic rings. The number of amides is 1. The van der Waals surface area contributed by atoms with Crippen molar-refractivity contribution < 1.29 is 14.3 Å². The van der Waals surface area contributed by atoms with E-state index < -0.39 is 0 Å². The summed E-state index contributed by atoms with van der Waals surface area (Å²) < 4.78 is 10.3. The molecule has 1 aliphatic rings. The molecule has 1 heterocycles. The number of hydrogen-bond donors (Lipinski definition) is 1. The lowest BCUT2D eigenvalue weighted by Gasteiger charge is -2.28. The Bertz CT molecular complexity index is 217. The maximum atomic E-state index is 11.9. The van der Waals surface area contributed by atoms with Gasteiger partial charge in [0, 0.05) is 33.2 Å². The van der Waals surface area contributed by atoms with Gasteiger partial charge in [-0.25, -0.2) is 0 Å². The van der Waals surface area contributed by atoms with Gasteiger partial charge in [0.15, 0.2) is 0 Å². The summed E-state index contributed by atoms with van der Waals surface area (Å²) >= 11 is 0. The molecule has 16 heavy (non-hydrogen) atoms. The monoisotopic (exact) mass is 230 g/mol. The number of carbonyl (C=O) groups excluding carboxylic acids is 1. The van der Waals surface area contributed by atoms with E-state index >= 15 is 0 Å². The lowest BCUT2D eigenvalue weighted by molar-refractivity contribution is -0.133. The van der Waals surface area contributed by atoms with Gasteiger partial charge in [0.1, 0.15) is 0 Å². The van der Waals surface area contributed by atoms with Gasteiger partial charge in [-0.15, -0.1) is 0 Å². The number of likely N-dealkylation sites (N-methyl/N-ethyl adjacent to an activating group) is 1. The molecule has 1 N–H and O–H groups in total. The minimum Gasteiger partial charge on any atom is -0.383 e. The Morgan fingerprint density at radius 1 is 1.69 bits per heavy atom. The standard InChI is InChI=1S/C11H22N2O3/c1-9(7-15-3)13(2)11(14)6-10-8-16-5-4-12-10/h9-10,12H,4-8H2,1-3H3. The number of methoxy groups -OCH3 is 1. The predicted molar refractivity (Wildman–Crippen MR) is 61.3 cm³/mol. The fourth-order valence-electron chi connectivity index (χ4n) is 1.70. The van der Waals surface area contributed by atoms with Crippen molar-refractivity contribution in [1.29, 1.82) is 0 Å². The van der Waals surface area contributed by atoms with Gasteiger partial charge in [0.2, 0.25) is 5.91 Å². The minimum absolute atomic E-state index is 0.113. The molecular weight excluding hydrogens is 208 g/mol. The topological polar surface area (TPSA) is 50.8 Å². The summed E-state index contributed by atoms with van der Waals surface area (Å²) in [6.07, 6.45) is 0.491. The number of nitrogens with one attached hydrogen (secondary N) is 1. The summed E-state index contributed by atoms with van der Waals surface area (Å²) in [5.74, 6) is 0.132. The second-order valence-electron chi connectivity index (χ2n) is 4.24. The minimum atomic E-state index is 0.113. The van der Waals surface area contributed by atoms with Gasteiger partial charge >= 0.3 is 0 Å². The highest BCUT2D eigenvalue weighted by Crippen LogP contribution is 2.04. The SMILES string of the molecule is COCC(C)N(C)C(=O)CC1COCCN1. The molecular formula is C11H22N2O3. The molecule has 0 aromatic heterocycles. The first-order valence-electron chi connectivity index (χ1n) is 5.71. The Morgan fingerprint density at radius 2 is 2.44 bits per heavy atom. The molecule has 5 heteroatoms. The van der Waals surface area contributed by atoms with E-state index in [9.17, 15) is 4.79 Å². The van der Waals surface area contributed by atoms with Crippen LogP contribution in [0.3, 0.4) is 0 Å². The van der Waals surface area contributed by atoms with Gasteiger partial charge in [-0.05, 0) is 6.92 Å². The van der Waals surface area contributed by atoms with Crippen LogP contribution in [0.2, 0.25) is 0 Å². The summed E-state index contributed by atoms with van der Waals surface area (Å²) in [6.45, 7) is 4.73. The van der Waals surface area contributed by atoms with Gasteiger partial charge in [0.05, 0.1) is 25.9 Å². The van der Waals surface area contributed by atoms with Crippen LogP contribution in [-0.2, 0) is 14.3 Å². The highest BCUT2D eigenvalue weighted by molar-refractivity contribution is 5.76. The molecule has 1 fully saturated rings. The number of hydrogen-bond acceptors (Lipinski definition) is 4. The van der Waals surface area contributed by atoms with Crippen LogP contribution >= 0.6 is 0 Å². The largest absolute Gasteiger partial charge is 0.383 e. The lowest BCUT2D eigenvalue weighted by atomic mass is 10.1. The van der Waals surface area contributed by atoms with E-state index in [0.717, 1.165) is 13.2 Å². The molecule has 1 aliphatic heterocycles. The van der Waals surface area contributed by atoms with Gasteiger partial charge in [-0.3, -0.25) is 4.79 Å². The van der Waals surface area contributed by atoms with Crippen molar-refractivity contribution in [2.24, 2.45) is 0 Å². The first kappa shape index (κ1) is 13.4. The van der Waals surface area contributed by atoms with Crippen molar-refractivity contribution >= 4 is 5.91 Å². The number of nitrogens with zero attached hydrogens (tertiary/aromatic N) is 1. The Labute approximate surface area is 97.1 Å². The maximum absolute atomic E-state index is 11.9. The molecule has 0 aliphatic carbocycles. The average Bonchev–Trinajstić information content (AvgIpc) is 2.29. The van der Waals surface area contributed by atoms with Crippen LogP contribution in [0.5, 0.6) is 0 Å². The highest BCUT2D eigenvalue weighted by atomic mass is 16.5. The number of ether oxygens (including phenoxy) is 2. The summed E-state index contributed by atoms with van der Waals surface area (Å²) in [6, 6.07) is 0.264. The van der Waals surface area contributed by atoms with Crippen LogP contribution in [0, 0.1) is 0 Å². The van der Waals surface area contributed by atoms with Gasteiger partial charge in [-0.2, -0.15) is 0 Å². The molecule has 1 amide bonds. The van der Waals surface area contributed by atoms with Crippen molar-refractivity contribution in [2.45, 2.75) is 25.4 Å². The van der Waals surface area contributed by atoms with Gasteiger partial charge in [-0.1, -0.05) is 0 Å². The average molecular weight is 230 g/mol. The molecule has 0 aromatic carbocycles. The number of rotatable bonds is 5. The maximum Gasteiger partial charge on any atom is 0.224 e. The first-order valence-corrected chi connectivity index (χ1v) is 5.71. The molecule has 1 saturated heterocycles. The van der Waals surface area contributed by atoms with Crippen LogP contribution < -0.4 is 5.32 Å². The third-order valence-electron chi connectivity index (χ3n) is 2.88. The number of morpholine rings is 1. The molecule has 0 bridgehead atoms. The molecule has 2 atom stereocenters. The zero-order valence-corrected chi connectivity index (χ0v) is 10.4. The molecule has 5 nitrogen and oxygen atoms in total. The van der Waals surface area contributed by atoms with E-state index in [2.05, 4.69) is 5.32 Å². The van der Waals surface area contributed by atoms with E-state index in [4.69, 9.17) is 9.47 Å². The van der Waals surface area contributed by atoms with E-state index in [-0.39, 0.29) is 18.0 Å². The molecule has 0 spiro atoms. The highest BCUT2D eigenvalue weighted by Gasteiger charge is 2.21. The van der Waals surface area contributed by atoms with Crippen molar-refractivity contribution in [1.82, 2.24) is 10.2 Å². The summed E-state index contributed by atoms with van der Waals surface area (Å²) in [5.41, 5.74) is 0. The second-order valence-corrected chi connectivity index (χ2v) is 4.24. The third kappa shape index (κ3) is 4.08. The normalized spacial score (nSPS) is 22.8. The zero-order valence-electron chi connectivity index (χ0n) is 10.4. The summed E-state index contributed by atoms with van der Waals surface area (Å²) in [7, 11) is 3.46. The number of carbonyl (C=O) groups is 1. The van der Waals surface area contributed by atoms with Crippen LogP contribution in [0.4, 0.5) is 0 Å². The van der Waals surface area contributed by atoms with Gasteiger partial charge < -0.3 is 19.7 Å². The quantitative estimate of drug-likeness (QED) is 0.714. The molecule has 0 radical (unpaired) electrons. The fraction of sp³-hybridized carbons (Fsp3) is 0.909. The van der Waals surface area contributed by atoms with Crippen LogP contribution in [0.15, 0.2) is 0 Å². The molecule has 94 valence electrons. The van der Waals surface area contributed by atoms with Crippen LogP contribution in [0.1, 0.15) is 13.3 Å². The van der Waals surface area contributed by atoms with Crippen LogP contribution in [-0.4, -0.2) is 63.4 Å². The van der Waals surface area contributed by atoms with Crippen molar-refractivity contribution in [2.75, 3.05) is 40.5 Å². The van der Waals surface area contributed by atoms with E-state index in [1.54, 1.807) is 12.0 Å². The van der Waals surface area contributed by atoms with E-state index in [1.165, 1.54) is 0 Å². The summed E-state index contributed by atoms with van der Waals surface area (Å²) in [4.78, 5) is 13.6. The zero-order chi connectivity index (χ0) is 12.0. The van der Waals surface area contributed by atoms with E-state index in [0.29, 0.717) is 19.6 Å². The lowest BCUT2D eigenvalue weighted by Crippen LogP contribution is -2.46. The van der Waals surface area contributed by atoms with Crippen molar-refractivity contribution in [3.63, 3.8) is 0 Å². The Balaban J connectivity index is 2.32. The molecule has 0 saturated carbocycles. The Kier molecular flexibility index (Phi) is 5.73. The fourth-order valence-corrected chi connectivity index (χ4v) is 1.70. The van der Waals surface area contributed by atoms with Crippen molar-refractivity contribution in [3.8, 4) is 0 Å². The Morgan fingerprint density at radius 3 is 3.00 bits per heavy atom. The molecule has 1 rings (SSSR count). The summed E-state index contributed by atoms with van der Waals surface area (Å²) in [5, 5.41) is 3.27. The second kappa shape index (κ2) is 6.83. The smallest absolute Gasteiger partial charge is 0.224 e. The van der Waals surface area contributed by atoms with E-state index in [1.807, 2.05) is 14.0 Å². The van der Waals surface area contributed by atoms with Crippen molar-refractivity contribution in [3.05, 3.63) is 0 Å². The van der Waals surface area contributed by atoms with Gasteiger partial charge in [0.25, 0.3) is 0 Å². The van der Waals surface area contributed by atoms with Crippen LogP contribution in [0.25, 0.3) is 0 Å². The Hall–Kier alpha value is -0.650.